The van der Waals surface area contributed by atoms with Crippen LogP contribution in [0.5, 0.6) is 5.88 Å². The molecule has 0 aliphatic carbocycles. The van der Waals surface area contributed by atoms with Crippen molar-refractivity contribution < 1.29 is 14.4 Å². The fourth-order valence-electron chi connectivity index (χ4n) is 4.27. The second kappa shape index (κ2) is 9.28. The maximum atomic E-state index is 11.7. The maximum Gasteiger partial charge on any atom is 0.228 e. The van der Waals surface area contributed by atoms with Gasteiger partial charge in [0.2, 0.25) is 17.7 Å². The van der Waals surface area contributed by atoms with E-state index in [4.69, 9.17) is 14.5 Å². The number of aromatic hydroxyl groups is 1. The first-order valence-corrected chi connectivity index (χ1v) is 11.8. The van der Waals surface area contributed by atoms with E-state index >= 15 is 0 Å². The Bertz CT molecular complexity index is 1340. The Labute approximate surface area is 203 Å². The van der Waals surface area contributed by atoms with Crippen molar-refractivity contribution in [2.75, 3.05) is 36.4 Å². The SMILES string of the molecule is CC(=O)N1CCN(c2nc(NCc3cc(-c4ccccc4)on3)c3cn(C(C)C)c(O)c3n2)CC1. The fraction of sp³-hybridized carbons (Fsp3) is 0.360. The number of rotatable bonds is 6. The molecule has 3 aromatic heterocycles. The summed E-state index contributed by atoms with van der Waals surface area (Å²) < 4.78 is 7.31. The highest BCUT2D eigenvalue weighted by Crippen LogP contribution is 2.34. The molecule has 1 fully saturated rings. The van der Waals surface area contributed by atoms with Gasteiger partial charge in [-0.05, 0) is 13.8 Å². The first-order valence-electron chi connectivity index (χ1n) is 11.8. The fourth-order valence-corrected chi connectivity index (χ4v) is 4.27. The minimum atomic E-state index is 0.0589. The van der Waals surface area contributed by atoms with Crippen molar-refractivity contribution in [3.05, 3.63) is 48.3 Å². The van der Waals surface area contributed by atoms with E-state index in [2.05, 4.69) is 10.5 Å². The first kappa shape index (κ1) is 22.7. The largest absolute Gasteiger partial charge is 0.493 e. The Balaban J connectivity index is 1.44. The van der Waals surface area contributed by atoms with Gasteiger partial charge in [0, 0.05) is 57.0 Å². The predicted molar refractivity (Wildman–Crippen MR) is 133 cm³/mol. The van der Waals surface area contributed by atoms with Crippen molar-refractivity contribution in [2.45, 2.75) is 33.4 Å². The number of benzene rings is 1. The molecule has 2 N–H and O–H groups in total. The van der Waals surface area contributed by atoms with Gasteiger partial charge in [0.15, 0.2) is 5.76 Å². The van der Waals surface area contributed by atoms with E-state index in [0.29, 0.717) is 55.8 Å². The molecule has 4 aromatic rings. The van der Waals surface area contributed by atoms with Crippen LogP contribution < -0.4 is 10.2 Å². The van der Waals surface area contributed by atoms with Crippen LogP contribution in [0.4, 0.5) is 11.8 Å². The number of fused-ring (bicyclic) bond motifs is 1. The molecule has 1 aliphatic rings. The summed E-state index contributed by atoms with van der Waals surface area (Å²) in [4.78, 5) is 25.1. The Morgan fingerprint density at radius 3 is 2.57 bits per heavy atom. The van der Waals surface area contributed by atoms with E-state index in [9.17, 15) is 9.90 Å². The Kier molecular flexibility index (Phi) is 6.02. The number of amides is 1. The summed E-state index contributed by atoms with van der Waals surface area (Å²) in [5, 5.41) is 19.2. The highest BCUT2D eigenvalue weighted by atomic mass is 16.5. The number of carbonyl (C=O) groups is 1. The minimum absolute atomic E-state index is 0.0589. The van der Waals surface area contributed by atoms with Gasteiger partial charge in [-0.25, -0.2) is 4.98 Å². The smallest absolute Gasteiger partial charge is 0.228 e. The normalized spacial score (nSPS) is 14.2. The lowest BCUT2D eigenvalue weighted by atomic mass is 10.2. The van der Waals surface area contributed by atoms with Gasteiger partial charge < -0.3 is 29.3 Å². The van der Waals surface area contributed by atoms with E-state index in [1.54, 1.807) is 11.5 Å². The lowest BCUT2D eigenvalue weighted by molar-refractivity contribution is -0.129. The number of aromatic nitrogens is 4. The molecular formula is C25H29N7O3. The number of piperazine rings is 1. The average Bonchev–Trinajstić information content (AvgIpc) is 3.48. The first-order chi connectivity index (χ1) is 16.9. The van der Waals surface area contributed by atoms with Crippen LogP contribution in [0.2, 0.25) is 0 Å². The van der Waals surface area contributed by atoms with Crippen molar-refractivity contribution >= 4 is 28.6 Å². The molecule has 1 saturated heterocycles. The lowest BCUT2D eigenvalue weighted by Crippen LogP contribution is -2.48. The second-order valence-corrected chi connectivity index (χ2v) is 8.98. The van der Waals surface area contributed by atoms with Crippen LogP contribution in [0.15, 0.2) is 47.1 Å². The number of nitrogens with zero attached hydrogens (tertiary/aromatic N) is 6. The third-order valence-electron chi connectivity index (χ3n) is 6.28. The summed E-state index contributed by atoms with van der Waals surface area (Å²) in [5.41, 5.74) is 2.19. The van der Waals surface area contributed by atoms with E-state index in [-0.39, 0.29) is 17.8 Å². The summed E-state index contributed by atoms with van der Waals surface area (Å²) >= 11 is 0. The Morgan fingerprint density at radius 2 is 1.89 bits per heavy atom. The van der Waals surface area contributed by atoms with Crippen molar-refractivity contribution in [1.82, 2.24) is 24.6 Å². The summed E-state index contributed by atoms with van der Waals surface area (Å²) in [7, 11) is 0. The minimum Gasteiger partial charge on any atom is -0.493 e. The van der Waals surface area contributed by atoms with Crippen LogP contribution in [0.1, 0.15) is 32.5 Å². The molecule has 35 heavy (non-hydrogen) atoms. The van der Waals surface area contributed by atoms with Crippen LogP contribution in [0.25, 0.3) is 22.2 Å². The molecule has 0 spiro atoms. The predicted octanol–water partition coefficient (Wildman–Crippen LogP) is 3.65. The van der Waals surface area contributed by atoms with Gasteiger partial charge in [0.25, 0.3) is 0 Å². The third kappa shape index (κ3) is 4.51. The van der Waals surface area contributed by atoms with Gasteiger partial charge in [-0.15, -0.1) is 0 Å². The zero-order valence-electron chi connectivity index (χ0n) is 20.1. The number of hydrogen-bond donors (Lipinski definition) is 2. The quantitative estimate of drug-likeness (QED) is 0.435. The van der Waals surface area contributed by atoms with Crippen molar-refractivity contribution in [1.29, 1.82) is 0 Å². The van der Waals surface area contributed by atoms with Gasteiger partial charge in [-0.1, -0.05) is 35.5 Å². The zero-order valence-corrected chi connectivity index (χ0v) is 20.1. The molecule has 4 heterocycles. The standard InChI is InChI=1S/C25H29N7O3/c1-16(2)32-15-20-22(24(32)34)27-25(31-11-9-30(10-12-31)17(3)33)28-23(20)26-14-19-13-21(35-29-19)18-7-5-4-6-8-18/h4-8,13,15-16,34H,9-12,14H2,1-3H3,(H,26,27,28). The van der Waals surface area contributed by atoms with Crippen LogP contribution in [0, 0.1) is 0 Å². The van der Waals surface area contributed by atoms with Crippen LogP contribution in [-0.4, -0.2) is 61.8 Å². The summed E-state index contributed by atoms with van der Waals surface area (Å²) in [6.07, 6.45) is 1.87. The van der Waals surface area contributed by atoms with E-state index in [0.717, 1.165) is 16.6 Å². The molecule has 1 aromatic carbocycles. The zero-order chi connectivity index (χ0) is 24.5. The van der Waals surface area contributed by atoms with Gasteiger partial charge in [-0.2, -0.15) is 4.98 Å². The molecule has 1 amide bonds. The third-order valence-corrected chi connectivity index (χ3v) is 6.28. The molecule has 10 nitrogen and oxygen atoms in total. The monoisotopic (exact) mass is 475 g/mol. The molecule has 1 aliphatic heterocycles. The van der Waals surface area contributed by atoms with E-state index in [1.165, 1.54) is 0 Å². The summed E-state index contributed by atoms with van der Waals surface area (Å²) in [5.74, 6) is 2.00. The molecule has 182 valence electrons. The molecular weight excluding hydrogens is 446 g/mol. The van der Waals surface area contributed by atoms with E-state index < -0.39 is 0 Å². The van der Waals surface area contributed by atoms with Gasteiger partial charge in [-0.3, -0.25) is 4.79 Å². The van der Waals surface area contributed by atoms with Crippen LogP contribution in [0.3, 0.4) is 0 Å². The van der Waals surface area contributed by atoms with Crippen LogP contribution in [-0.2, 0) is 11.3 Å². The van der Waals surface area contributed by atoms with Crippen molar-refractivity contribution in [3.63, 3.8) is 0 Å². The molecule has 5 rings (SSSR count). The lowest BCUT2D eigenvalue weighted by Gasteiger charge is -2.34. The van der Waals surface area contributed by atoms with Gasteiger partial charge >= 0.3 is 0 Å². The average molecular weight is 476 g/mol. The molecule has 0 bridgehead atoms. The Morgan fingerprint density at radius 1 is 1.14 bits per heavy atom. The second-order valence-electron chi connectivity index (χ2n) is 8.98. The number of anilines is 2. The van der Waals surface area contributed by atoms with Gasteiger partial charge in [0.05, 0.1) is 11.9 Å². The molecule has 0 saturated carbocycles. The number of nitrogens with one attached hydrogen (secondary N) is 1. The van der Waals surface area contributed by atoms with Crippen LogP contribution >= 0.6 is 0 Å². The number of hydrogen-bond acceptors (Lipinski definition) is 8. The highest BCUT2D eigenvalue weighted by Gasteiger charge is 2.24. The van der Waals surface area contributed by atoms with Crippen molar-refractivity contribution in [3.8, 4) is 17.2 Å². The van der Waals surface area contributed by atoms with Gasteiger partial charge in [0.1, 0.15) is 17.0 Å². The highest BCUT2D eigenvalue weighted by molar-refractivity contribution is 5.94. The molecule has 0 atom stereocenters. The molecule has 0 unspecified atom stereocenters. The molecule has 0 radical (unpaired) electrons. The summed E-state index contributed by atoms with van der Waals surface area (Å²) in [6, 6.07) is 11.8. The van der Waals surface area contributed by atoms with Crippen molar-refractivity contribution in [2.24, 2.45) is 0 Å². The Hall–Kier alpha value is -4.08. The topological polar surface area (TPSA) is 113 Å². The number of carbonyl (C=O) groups excluding carboxylic acids is 1. The maximum absolute atomic E-state index is 11.7. The summed E-state index contributed by atoms with van der Waals surface area (Å²) in [6.45, 7) is 8.45. The van der Waals surface area contributed by atoms with E-state index in [1.807, 2.05) is 66.2 Å². The molecule has 10 heteroatoms.